The Morgan fingerprint density at radius 2 is 2.00 bits per heavy atom. The summed E-state index contributed by atoms with van der Waals surface area (Å²) in [6.07, 6.45) is -3.56. The third-order valence-electron chi connectivity index (χ3n) is 2.44. The Morgan fingerprint density at radius 3 is 2.56 bits per heavy atom. The van der Waals surface area contributed by atoms with Gasteiger partial charge in [0.25, 0.3) is 0 Å². The monoisotopic (exact) mass is 261 g/mol. The number of alkyl halides is 3. The van der Waals surface area contributed by atoms with Crippen LogP contribution in [0.5, 0.6) is 0 Å². The lowest BCUT2D eigenvalue weighted by molar-refractivity contribution is -0.141. The highest BCUT2D eigenvalue weighted by Crippen LogP contribution is 2.28. The van der Waals surface area contributed by atoms with Gasteiger partial charge in [-0.3, -0.25) is 0 Å². The molecule has 0 amide bonds. The summed E-state index contributed by atoms with van der Waals surface area (Å²) in [5.74, 6) is 0.260. The van der Waals surface area contributed by atoms with E-state index in [-0.39, 0.29) is 11.9 Å². The molecule has 18 heavy (non-hydrogen) atoms. The highest BCUT2D eigenvalue weighted by atomic mass is 19.4. The van der Waals surface area contributed by atoms with E-state index < -0.39 is 11.9 Å². The molecule has 3 nitrogen and oxygen atoms in total. The van der Waals surface area contributed by atoms with E-state index in [0.717, 1.165) is 19.0 Å². The Hall–Kier alpha value is -1.30. The summed E-state index contributed by atoms with van der Waals surface area (Å²) in [5, 5.41) is 2.97. The maximum absolute atomic E-state index is 12.5. The zero-order chi connectivity index (χ0) is 13.8. The number of hydrogen-bond acceptors (Lipinski definition) is 3. The summed E-state index contributed by atoms with van der Waals surface area (Å²) in [4.78, 5) is 5.59. The molecule has 0 fully saturated rings. The predicted molar refractivity (Wildman–Crippen MR) is 65.5 cm³/mol. The molecule has 0 bridgehead atoms. The molecule has 1 aromatic rings. The molecule has 1 N–H and O–H groups in total. The number of aromatic nitrogens is 1. The van der Waals surface area contributed by atoms with Crippen LogP contribution in [0.1, 0.15) is 19.0 Å². The van der Waals surface area contributed by atoms with E-state index in [2.05, 4.69) is 10.3 Å². The van der Waals surface area contributed by atoms with Gasteiger partial charge in [0, 0.05) is 6.04 Å². The largest absolute Gasteiger partial charge is 0.433 e. The molecule has 102 valence electrons. The summed E-state index contributed by atoms with van der Waals surface area (Å²) in [5.41, 5.74) is -0.868. The van der Waals surface area contributed by atoms with Crippen LogP contribution in [0.15, 0.2) is 18.2 Å². The van der Waals surface area contributed by atoms with Crippen molar-refractivity contribution in [2.75, 3.05) is 26.0 Å². The molecule has 1 aromatic heterocycles. The minimum Gasteiger partial charge on any atom is -0.368 e. The lowest BCUT2D eigenvalue weighted by Crippen LogP contribution is -2.23. The van der Waals surface area contributed by atoms with Gasteiger partial charge in [0.05, 0.1) is 0 Å². The fraction of sp³-hybridized carbons (Fsp3) is 0.583. The number of nitrogens with one attached hydrogen (secondary N) is 1. The Bertz CT molecular complexity index is 377. The van der Waals surface area contributed by atoms with E-state index in [1.165, 1.54) is 6.07 Å². The van der Waals surface area contributed by atoms with Crippen molar-refractivity contribution >= 4 is 5.82 Å². The maximum Gasteiger partial charge on any atom is 0.433 e. The van der Waals surface area contributed by atoms with Crippen LogP contribution in [0.2, 0.25) is 0 Å². The van der Waals surface area contributed by atoms with Crippen LogP contribution in [0.25, 0.3) is 0 Å². The van der Waals surface area contributed by atoms with Crippen molar-refractivity contribution in [2.24, 2.45) is 0 Å². The van der Waals surface area contributed by atoms with Gasteiger partial charge >= 0.3 is 6.18 Å². The SMILES string of the molecule is CC(CCN(C)C)Nc1cccc(C(F)(F)F)n1. The molecule has 6 heteroatoms. The quantitative estimate of drug-likeness (QED) is 0.883. The van der Waals surface area contributed by atoms with Gasteiger partial charge in [-0.05, 0) is 46.1 Å². The fourth-order valence-electron chi connectivity index (χ4n) is 1.45. The van der Waals surface area contributed by atoms with Crippen molar-refractivity contribution in [2.45, 2.75) is 25.6 Å². The van der Waals surface area contributed by atoms with Crippen LogP contribution >= 0.6 is 0 Å². The van der Waals surface area contributed by atoms with Crippen LogP contribution in [-0.2, 0) is 6.18 Å². The van der Waals surface area contributed by atoms with Crippen LogP contribution in [-0.4, -0.2) is 36.6 Å². The van der Waals surface area contributed by atoms with Crippen LogP contribution in [0.4, 0.5) is 19.0 Å². The van der Waals surface area contributed by atoms with E-state index in [4.69, 9.17) is 0 Å². The molecule has 1 heterocycles. The molecule has 0 saturated heterocycles. The van der Waals surface area contributed by atoms with Crippen molar-refractivity contribution in [1.82, 2.24) is 9.88 Å². The van der Waals surface area contributed by atoms with Crippen LogP contribution in [0.3, 0.4) is 0 Å². The summed E-state index contributed by atoms with van der Waals surface area (Å²) >= 11 is 0. The smallest absolute Gasteiger partial charge is 0.368 e. The van der Waals surface area contributed by atoms with Gasteiger partial charge in [-0.25, -0.2) is 4.98 Å². The fourth-order valence-corrected chi connectivity index (χ4v) is 1.45. The van der Waals surface area contributed by atoms with Crippen molar-refractivity contribution in [3.05, 3.63) is 23.9 Å². The average molecular weight is 261 g/mol. The topological polar surface area (TPSA) is 28.2 Å². The Morgan fingerprint density at radius 1 is 1.33 bits per heavy atom. The minimum absolute atomic E-state index is 0.0726. The van der Waals surface area contributed by atoms with Crippen LogP contribution < -0.4 is 5.32 Å². The average Bonchev–Trinajstić information content (AvgIpc) is 2.25. The molecule has 0 aromatic carbocycles. The Kier molecular flexibility index (Phi) is 4.95. The summed E-state index contributed by atoms with van der Waals surface area (Å²) < 4.78 is 37.4. The highest BCUT2D eigenvalue weighted by Gasteiger charge is 2.32. The molecule has 1 unspecified atom stereocenters. The number of hydrogen-bond donors (Lipinski definition) is 1. The predicted octanol–water partition coefficient (Wildman–Crippen LogP) is 2.85. The highest BCUT2D eigenvalue weighted by molar-refractivity contribution is 5.36. The molecule has 0 spiro atoms. The third kappa shape index (κ3) is 4.91. The molecule has 0 saturated carbocycles. The van der Waals surface area contributed by atoms with Gasteiger partial charge in [0.2, 0.25) is 0 Å². The van der Waals surface area contributed by atoms with E-state index in [0.29, 0.717) is 0 Å². The van der Waals surface area contributed by atoms with E-state index >= 15 is 0 Å². The molecule has 1 atom stereocenters. The van der Waals surface area contributed by atoms with Gasteiger partial charge in [0.1, 0.15) is 11.5 Å². The van der Waals surface area contributed by atoms with Crippen LogP contribution in [0, 0.1) is 0 Å². The Labute approximate surface area is 105 Å². The van der Waals surface area contributed by atoms with E-state index in [1.807, 2.05) is 25.9 Å². The minimum atomic E-state index is -4.40. The standard InChI is InChI=1S/C12H18F3N3/c1-9(7-8-18(2)3)16-11-6-4-5-10(17-11)12(13,14)15/h4-6,9H,7-8H2,1-3H3,(H,16,17). The first-order valence-corrected chi connectivity index (χ1v) is 5.74. The van der Waals surface area contributed by atoms with E-state index in [1.54, 1.807) is 6.07 Å². The molecular formula is C12H18F3N3. The second-order valence-corrected chi connectivity index (χ2v) is 4.54. The summed E-state index contributed by atoms with van der Waals surface area (Å²) in [6.45, 7) is 2.79. The van der Waals surface area contributed by atoms with Crippen molar-refractivity contribution in [3.63, 3.8) is 0 Å². The molecule has 0 aliphatic carbocycles. The molecule has 0 radical (unpaired) electrons. The molecular weight excluding hydrogens is 243 g/mol. The number of anilines is 1. The molecule has 0 aliphatic rings. The van der Waals surface area contributed by atoms with Crippen molar-refractivity contribution < 1.29 is 13.2 Å². The first-order chi connectivity index (χ1) is 8.29. The van der Waals surface area contributed by atoms with Crippen molar-refractivity contribution in [3.8, 4) is 0 Å². The lowest BCUT2D eigenvalue weighted by Gasteiger charge is -2.17. The zero-order valence-electron chi connectivity index (χ0n) is 10.8. The first-order valence-electron chi connectivity index (χ1n) is 5.74. The van der Waals surface area contributed by atoms with Crippen molar-refractivity contribution in [1.29, 1.82) is 0 Å². The number of nitrogens with zero attached hydrogens (tertiary/aromatic N) is 2. The summed E-state index contributed by atoms with van der Waals surface area (Å²) in [6, 6.07) is 3.94. The van der Waals surface area contributed by atoms with Gasteiger partial charge in [-0.1, -0.05) is 6.07 Å². The lowest BCUT2D eigenvalue weighted by atomic mass is 10.2. The van der Waals surface area contributed by atoms with Gasteiger partial charge < -0.3 is 10.2 Å². The first kappa shape index (κ1) is 14.8. The number of pyridine rings is 1. The second kappa shape index (κ2) is 6.04. The zero-order valence-corrected chi connectivity index (χ0v) is 10.8. The third-order valence-corrected chi connectivity index (χ3v) is 2.44. The normalized spacial score (nSPS) is 13.7. The summed E-state index contributed by atoms with van der Waals surface area (Å²) in [7, 11) is 3.91. The van der Waals surface area contributed by atoms with Gasteiger partial charge in [0.15, 0.2) is 0 Å². The molecule has 0 aliphatic heterocycles. The van der Waals surface area contributed by atoms with Gasteiger partial charge in [-0.2, -0.15) is 13.2 Å². The molecule has 1 rings (SSSR count). The Balaban J connectivity index is 2.62. The second-order valence-electron chi connectivity index (χ2n) is 4.54. The number of rotatable bonds is 5. The maximum atomic E-state index is 12.5. The number of halogens is 3. The van der Waals surface area contributed by atoms with E-state index in [9.17, 15) is 13.2 Å². The van der Waals surface area contributed by atoms with Gasteiger partial charge in [-0.15, -0.1) is 0 Å².